The van der Waals surface area contributed by atoms with E-state index in [9.17, 15) is 4.79 Å². The van der Waals surface area contributed by atoms with E-state index in [1.54, 1.807) is 6.08 Å². The SMILES string of the molecule is CC(C)=CCCC(C)=CC(=O)OCCOc1ccccc1. The van der Waals surface area contributed by atoms with Gasteiger partial charge in [-0.3, -0.25) is 0 Å². The minimum absolute atomic E-state index is 0.255. The summed E-state index contributed by atoms with van der Waals surface area (Å²) < 4.78 is 10.6. The highest BCUT2D eigenvalue weighted by Gasteiger charge is 2.00. The number of hydrogen-bond donors (Lipinski definition) is 0. The van der Waals surface area contributed by atoms with Gasteiger partial charge in [-0.05, 0) is 45.7 Å². The molecule has 0 aliphatic carbocycles. The molecular weight excluding hydrogens is 264 g/mol. The molecule has 1 aromatic rings. The van der Waals surface area contributed by atoms with Gasteiger partial charge in [0.25, 0.3) is 0 Å². The molecular formula is C18H24O3. The number of hydrogen-bond acceptors (Lipinski definition) is 3. The van der Waals surface area contributed by atoms with Gasteiger partial charge in [-0.25, -0.2) is 4.79 Å². The van der Waals surface area contributed by atoms with Gasteiger partial charge >= 0.3 is 5.97 Å². The Morgan fingerprint density at radius 3 is 2.48 bits per heavy atom. The van der Waals surface area contributed by atoms with E-state index in [0.29, 0.717) is 6.61 Å². The monoisotopic (exact) mass is 288 g/mol. The van der Waals surface area contributed by atoms with Gasteiger partial charge < -0.3 is 9.47 Å². The largest absolute Gasteiger partial charge is 0.490 e. The number of carbonyl (C=O) groups is 1. The molecule has 3 nitrogen and oxygen atoms in total. The number of ether oxygens (including phenoxy) is 2. The minimum atomic E-state index is -0.304. The highest BCUT2D eigenvalue weighted by molar-refractivity contribution is 5.82. The van der Waals surface area contributed by atoms with Crippen LogP contribution in [0.15, 0.2) is 53.6 Å². The normalized spacial score (nSPS) is 10.9. The summed E-state index contributed by atoms with van der Waals surface area (Å²) in [6.45, 7) is 6.70. The highest BCUT2D eigenvalue weighted by Crippen LogP contribution is 2.08. The van der Waals surface area contributed by atoms with Gasteiger partial charge in [-0.15, -0.1) is 0 Å². The van der Waals surface area contributed by atoms with Gasteiger partial charge in [0.1, 0.15) is 19.0 Å². The Hall–Kier alpha value is -2.03. The molecule has 21 heavy (non-hydrogen) atoms. The molecule has 0 unspecified atom stereocenters. The molecule has 0 spiro atoms. The molecule has 0 aliphatic rings. The first-order valence-corrected chi connectivity index (χ1v) is 7.23. The smallest absolute Gasteiger partial charge is 0.330 e. The van der Waals surface area contributed by atoms with Gasteiger partial charge in [0, 0.05) is 6.08 Å². The van der Waals surface area contributed by atoms with E-state index in [-0.39, 0.29) is 12.6 Å². The zero-order valence-electron chi connectivity index (χ0n) is 13.1. The Labute approximate surface area is 127 Å². The van der Waals surface area contributed by atoms with Gasteiger partial charge in [-0.2, -0.15) is 0 Å². The van der Waals surface area contributed by atoms with Gasteiger partial charge in [0.15, 0.2) is 0 Å². The third-order valence-corrected chi connectivity index (χ3v) is 2.80. The van der Waals surface area contributed by atoms with Crippen molar-refractivity contribution in [1.29, 1.82) is 0 Å². The summed E-state index contributed by atoms with van der Waals surface area (Å²) >= 11 is 0. The molecule has 0 bridgehead atoms. The molecule has 1 aromatic carbocycles. The first-order chi connectivity index (χ1) is 10.1. The molecule has 0 heterocycles. The molecule has 0 atom stereocenters. The quantitative estimate of drug-likeness (QED) is 0.309. The van der Waals surface area contributed by atoms with Crippen molar-refractivity contribution in [2.75, 3.05) is 13.2 Å². The van der Waals surface area contributed by atoms with Crippen LogP contribution in [0.3, 0.4) is 0 Å². The number of esters is 1. The molecule has 0 fully saturated rings. The number of benzene rings is 1. The minimum Gasteiger partial charge on any atom is -0.490 e. The maximum Gasteiger partial charge on any atom is 0.330 e. The van der Waals surface area contributed by atoms with Crippen LogP contribution in [0.5, 0.6) is 5.75 Å². The van der Waals surface area contributed by atoms with Crippen LogP contribution in [-0.4, -0.2) is 19.2 Å². The van der Waals surface area contributed by atoms with Gasteiger partial charge in [-0.1, -0.05) is 35.4 Å². The van der Waals surface area contributed by atoms with Crippen LogP contribution in [0.25, 0.3) is 0 Å². The molecule has 0 aromatic heterocycles. The fourth-order valence-corrected chi connectivity index (χ4v) is 1.72. The van der Waals surface area contributed by atoms with Crippen molar-refractivity contribution in [3.8, 4) is 5.75 Å². The van der Waals surface area contributed by atoms with E-state index in [0.717, 1.165) is 24.2 Å². The molecule has 0 saturated carbocycles. The fraction of sp³-hybridized carbons (Fsp3) is 0.389. The van der Waals surface area contributed by atoms with Crippen LogP contribution in [-0.2, 0) is 9.53 Å². The molecule has 0 N–H and O–H groups in total. The van der Waals surface area contributed by atoms with Crippen LogP contribution in [0.1, 0.15) is 33.6 Å². The maximum atomic E-state index is 11.6. The predicted octanol–water partition coefficient (Wildman–Crippen LogP) is 4.30. The lowest BCUT2D eigenvalue weighted by Gasteiger charge is -2.06. The third kappa shape index (κ3) is 8.69. The average molecular weight is 288 g/mol. The molecule has 3 heteroatoms. The summed E-state index contributed by atoms with van der Waals surface area (Å²) in [6.07, 6.45) is 5.55. The van der Waals surface area contributed by atoms with E-state index in [1.807, 2.05) is 37.3 Å². The number of para-hydroxylation sites is 1. The second kappa shape index (κ2) is 9.81. The van der Waals surface area contributed by atoms with E-state index in [2.05, 4.69) is 19.9 Å². The fourth-order valence-electron chi connectivity index (χ4n) is 1.72. The van der Waals surface area contributed by atoms with E-state index >= 15 is 0 Å². The lowest BCUT2D eigenvalue weighted by atomic mass is 10.1. The topological polar surface area (TPSA) is 35.5 Å². The van der Waals surface area contributed by atoms with Crippen LogP contribution in [0.4, 0.5) is 0 Å². The molecule has 0 amide bonds. The summed E-state index contributed by atoms with van der Waals surface area (Å²) in [5, 5.41) is 0. The Morgan fingerprint density at radius 2 is 1.81 bits per heavy atom. The summed E-state index contributed by atoms with van der Waals surface area (Å²) in [4.78, 5) is 11.6. The van der Waals surface area contributed by atoms with Crippen LogP contribution in [0, 0.1) is 0 Å². The first kappa shape index (κ1) is 17.0. The standard InChI is InChI=1S/C18H24O3/c1-15(2)8-7-9-16(3)14-18(19)21-13-12-20-17-10-5-4-6-11-17/h4-6,8,10-11,14H,7,9,12-13H2,1-3H3. The molecule has 0 saturated heterocycles. The van der Waals surface area contributed by atoms with E-state index in [1.165, 1.54) is 5.57 Å². The number of carbonyl (C=O) groups excluding carboxylic acids is 1. The average Bonchev–Trinajstić information content (AvgIpc) is 2.44. The van der Waals surface area contributed by atoms with Crippen molar-refractivity contribution >= 4 is 5.97 Å². The Balaban J connectivity index is 2.19. The second-order valence-electron chi connectivity index (χ2n) is 5.14. The van der Waals surface area contributed by atoms with Crippen molar-refractivity contribution in [2.24, 2.45) is 0 Å². The zero-order chi connectivity index (χ0) is 15.5. The highest BCUT2D eigenvalue weighted by atomic mass is 16.6. The first-order valence-electron chi connectivity index (χ1n) is 7.23. The van der Waals surface area contributed by atoms with Crippen molar-refractivity contribution in [3.63, 3.8) is 0 Å². The van der Waals surface area contributed by atoms with Gasteiger partial charge in [0.05, 0.1) is 0 Å². The third-order valence-electron chi connectivity index (χ3n) is 2.80. The lowest BCUT2D eigenvalue weighted by molar-refractivity contribution is -0.138. The molecule has 0 aliphatic heterocycles. The summed E-state index contributed by atoms with van der Waals surface area (Å²) in [5.41, 5.74) is 2.32. The Kier molecular flexibility index (Phi) is 7.95. The Morgan fingerprint density at radius 1 is 1.10 bits per heavy atom. The van der Waals surface area contributed by atoms with Gasteiger partial charge in [0.2, 0.25) is 0 Å². The molecule has 114 valence electrons. The lowest BCUT2D eigenvalue weighted by Crippen LogP contribution is -2.10. The predicted molar refractivity (Wildman–Crippen MR) is 85.3 cm³/mol. The Bertz CT molecular complexity index is 482. The van der Waals surface area contributed by atoms with E-state index in [4.69, 9.17) is 9.47 Å². The van der Waals surface area contributed by atoms with Crippen LogP contribution in [0.2, 0.25) is 0 Å². The summed E-state index contributed by atoms with van der Waals surface area (Å²) in [5.74, 6) is 0.475. The summed E-state index contributed by atoms with van der Waals surface area (Å²) in [6, 6.07) is 9.47. The van der Waals surface area contributed by atoms with Crippen molar-refractivity contribution in [2.45, 2.75) is 33.6 Å². The number of allylic oxidation sites excluding steroid dienone is 3. The van der Waals surface area contributed by atoms with Crippen molar-refractivity contribution in [3.05, 3.63) is 53.6 Å². The second-order valence-corrected chi connectivity index (χ2v) is 5.14. The maximum absolute atomic E-state index is 11.6. The number of rotatable bonds is 8. The van der Waals surface area contributed by atoms with Crippen LogP contribution < -0.4 is 4.74 Å². The zero-order valence-corrected chi connectivity index (χ0v) is 13.1. The van der Waals surface area contributed by atoms with E-state index < -0.39 is 0 Å². The van der Waals surface area contributed by atoms with Crippen molar-refractivity contribution < 1.29 is 14.3 Å². The van der Waals surface area contributed by atoms with Crippen LogP contribution >= 0.6 is 0 Å². The summed E-state index contributed by atoms with van der Waals surface area (Å²) in [7, 11) is 0. The molecule has 1 rings (SSSR count). The van der Waals surface area contributed by atoms with Crippen molar-refractivity contribution in [1.82, 2.24) is 0 Å². The molecule has 0 radical (unpaired) electrons.